The lowest BCUT2D eigenvalue weighted by Gasteiger charge is -2.06. The Balaban J connectivity index is 2.62. The molecular weight excluding hydrogens is 236 g/mol. The summed E-state index contributed by atoms with van der Waals surface area (Å²) < 4.78 is 4.19. The summed E-state index contributed by atoms with van der Waals surface area (Å²) in [6.45, 7) is 5.26. The van der Waals surface area contributed by atoms with E-state index in [4.69, 9.17) is 16.6 Å². The zero-order chi connectivity index (χ0) is 12.4. The molecule has 0 N–H and O–H groups in total. The van der Waals surface area contributed by atoms with Crippen molar-refractivity contribution < 1.29 is 0 Å². The molecule has 0 aliphatic heterocycles. The molecule has 0 aliphatic rings. The molecule has 0 fully saturated rings. The molecule has 0 saturated carbocycles. The van der Waals surface area contributed by atoms with Crippen molar-refractivity contribution in [3.63, 3.8) is 0 Å². The fourth-order valence-electron chi connectivity index (χ4n) is 2.26. The predicted octanol–water partition coefficient (Wildman–Crippen LogP) is 2.52. The highest BCUT2D eigenvalue weighted by Gasteiger charge is 2.17. The molecule has 5 heteroatoms. The van der Waals surface area contributed by atoms with Crippen LogP contribution >= 0.6 is 11.6 Å². The van der Waals surface area contributed by atoms with Gasteiger partial charge < -0.3 is 4.57 Å². The van der Waals surface area contributed by atoms with Crippen LogP contribution in [0.3, 0.4) is 0 Å². The number of rotatable bonds is 5. The SMILES string of the molecule is CCCn1c(CCCl)nc2c(CC)nn(C)c21. The van der Waals surface area contributed by atoms with E-state index in [-0.39, 0.29) is 0 Å². The second kappa shape index (κ2) is 5.08. The molecule has 0 bridgehead atoms. The van der Waals surface area contributed by atoms with Gasteiger partial charge >= 0.3 is 0 Å². The van der Waals surface area contributed by atoms with E-state index < -0.39 is 0 Å². The molecule has 0 amide bonds. The Hall–Kier alpha value is -1.03. The van der Waals surface area contributed by atoms with E-state index in [0.29, 0.717) is 5.88 Å². The van der Waals surface area contributed by atoms with Gasteiger partial charge in [0.05, 0.1) is 5.69 Å². The van der Waals surface area contributed by atoms with Gasteiger partial charge in [-0.25, -0.2) is 4.98 Å². The van der Waals surface area contributed by atoms with Crippen LogP contribution in [0.25, 0.3) is 11.2 Å². The normalized spacial score (nSPS) is 11.5. The summed E-state index contributed by atoms with van der Waals surface area (Å²) in [6.07, 6.45) is 2.83. The van der Waals surface area contributed by atoms with Crippen LogP contribution in [0.2, 0.25) is 0 Å². The Kier molecular flexibility index (Phi) is 3.72. The minimum Gasteiger partial charge on any atom is -0.313 e. The zero-order valence-electron chi connectivity index (χ0n) is 10.7. The Morgan fingerprint density at radius 3 is 2.65 bits per heavy atom. The number of hydrogen-bond acceptors (Lipinski definition) is 2. The zero-order valence-corrected chi connectivity index (χ0v) is 11.5. The van der Waals surface area contributed by atoms with Crippen molar-refractivity contribution >= 4 is 22.8 Å². The van der Waals surface area contributed by atoms with E-state index in [1.54, 1.807) is 0 Å². The van der Waals surface area contributed by atoms with Gasteiger partial charge in [-0.15, -0.1) is 11.6 Å². The van der Waals surface area contributed by atoms with Gasteiger partial charge in [-0.05, 0) is 12.8 Å². The van der Waals surface area contributed by atoms with Crippen LogP contribution in [0.5, 0.6) is 0 Å². The van der Waals surface area contributed by atoms with Crippen molar-refractivity contribution in [1.29, 1.82) is 0 Å². The van der Waals surface area contributed by atoms with Gasteiger partial charge in [0, 0.05) is 25.9 Å². The van der Waals surface area contributed by atoms with Crippen LogP contribution in [-0.2, 0) is 26.4 Å². The van der Waals surface area contributed by atoms with E-state index in [0.717, 1.165) is 48.5 Å². The molecule has 0 saturated heterocycles. The standard InChI is InChI=1S/C12H19ClN4/c1-4-8-17-10(6-7-13)14-11-9(5-2)15-16(3)12(11)17/h4-8H2,1-3H3. The van der Waals surface area contributed by atoms with E-state index >= 15 is 0 Å². The third-order valence-electron chi connectivity index (χ3n) is 2.97. The molecule has 0 radical (unpaired) electrons. The van der Waals surface area contributed by atoms with E-state index in [9.17, 15) is 0 Å². The first-order chi connectivity index (χ1) is 8.22. The lowest BCUT2D eigenvalue weighted by molar-refractivity contribution is 0.630. The molecule has 4 nitrogen and oxygen atoms in total. The fraction of sp³-hybridized carbons (Fsp3) is 0.667. The molecule has 0 aliphatic carbocycles. The molecule has 2 aromatic rings. The number of imidazole rings is 1. The number of aromatic nitrogens is 4. The lowest BCUT2D eigenvalue weighted by Crippen LogP contribution is -2.07. The maximum atomic E-state index is 5.84. The highest BCUT2D eigenvalue weighted by atomic mass is 35.5. The smallest absolute Gasteiger partial charge is 0.158 e. The van der Waals surface area contributed by atoms with Crippen molar-refractivity contribution in [1.82, 2.24) is 19.3 Å². The van der Waals surface area contributed by atoms with Gasteiger partial charge in [-0.3, -0.25) is 4.68 Å². The summed E-state index contributed by atoms with van der Waals surface area (Å²) >= 11 is 5.84. The molecule has 0 atom stereocenters. The van der Waals surface area contributed by atoms with Crippen LogP contribution in [0.1, 0.15) is 31.8 Å². The number of nitrogens with zero attached hydrogens (tertiary/aromatic N) is 4. The number of aryl methyl sites for hydroxylation is 4. The van der Waals surface area contributed by atoms with Crippen molar-refractivity contribution in [2.45, 2.75) is 39.7 Å². The maximum absolute atomic E-state index is 5.84. The first-order valence-corrected chi connectivity index (χ1v) is 6.73. The summed E-state index contributed by atoms with van der Waals surface area (Å²) in [6, 6.07) is 0. The van der Waals surface area contributed by atoms with Crippen LogP contribution < -0.4 is 0 Å². The van der Waals surface area contributed by atoms with Gasteiger partial charge in [0.2, 0.25) is 0 Å². The average molecular weight is 255 g/mol. The van der Waals surface area contributed by atoms with Crippen molar-refractivity contribution in [2.24, 2.45) is 7.05 Å². The van der Waals surface area contributed by atoms with Crippen LogP contribution in [0, 0.1) is 0 Å². The molecular formula is C12H19ClN4. The summed E-state index contributed by atoms with van der Waals surface area (Å²) in [7, 11) is 1.99. The third-order valence-corrected chi connectivity index (χ3v) is 3.16. The summed E-state index contributed by atoms with van der Waals surface area (Å²) in [5, 5.41) is 4.51. The van der Waals surface area contributed by atoms with Crippen molar-refractivity contribution in [2.75, 3.05) is 5.88 Å². The minimum absolute atomic E-state index is 0.613. The molecule has 2 heterocycles. The number of fused-ring (bicyclic) bond motifs is 1. The predicted molar refractivity (Wildman–Crippen MR) is 70.6 cm³/mol. The maximum Gasteiger partial charge on any atom is 0.158 e. The fourth-order valence-corrected chi connectivity index (χ4v) is 2.43. The quantitative estimate of drug-likeness (QED) is 0.769. The molecule has 2 aromatic heterocycles. The Labute approximate surface area is 107 Å². The van der Waals surface area contributed by atoms with E-state index in [2.05, 4.69) is 23.5 Å². The lowest BCUT2D eigenvalue weighted by atomic mass is 10.3. The second-order valence-corrected chi connectivity index (χ2v) is 4.59. The average Bonchev–Trinajstić information content (AvgIpc) is 2.80. The van der Waals surface area contributed by atoms with E-state index in [1.807, 2.05) is 11.7 Å². The third kappa shape index (κ3) is 2.06. The Bertz CT molecular complexity index is 512. The first-order valence-electron chi connectivity index (χ1n) is 6.19. The molecule has 94 valence electrons. The molecule has 0 unspecified atom stereocenters. The van der Waals surface area contributed by atoms with E-state index in [1.165, 1.54) is 0 Å². The highest BCUT2D eigenvalue weighted by Crippen LogP contribution is 2.21. The number of halogens is 1. The Morgan fingerprint density at radius 1 is 1.29 bits per heavy atom. The molecule has 17 heavy (non-hydrogen) atoms. The van der Waals surface area contributed by atoms with Crippen LogP contribution in [0.4, 0.5) is 0 Å². The number of alkyl halides is 1. The summed E-state index contributed by atoms with van der Waals surface area (Å²) in [5.74, 6) is 1.70. The van der Waals surface area contributed by atoms with Crippen LogP contribution in [-0.4, -0.2) is 25.2 Å². The summed E-state index contributed by atoms with van der Waals surface area (Å²) in [4.78, 5) is 4.71. The molecule has 0 aromatic carbocycles. The first kappa shape index (κ1) is 12.4. The topological polar surface area (TPSA) is 35.6 Å². The van der Waals surface area contributed by atoms with Gasteiger partial charge in [0.15, 0.2) is 5.65 Å². The number of hydrogen-bond donors (Lipinski definition) is 0. The molecule has 0 spiro atoms. The van der Waals surface area contributed by atoms with Gasteiger partial charge in [-0.2, -0.15) is 5.10 Å². The monoisotopic (exact) mass is 254 g/mol. The Morgan fingerprint density at radius 2 is 2.06 bits per heavy atom. The highest BCUT2D eigenvalue weighted by molar-refractivity contribution is 6.17. The van der Waals surface area contributed by atoms with Gasteiger partial charge in [0.25, 0.3) is 0 Å². The molecule has 2 rings (SSSR count). The van der Waals surface area contributed by atoms with Gasteiger partial charge in [-0.1, -0.05) is 13.8 Å². The van der Waals surface area contributed by atoms with Crippen molar-refractivity contribution in [3.8, 4) is 0 Å². The summed E-state index contributed by atoms with van der Waals surface area (Å²) in [5.41, 5.74) is 3.25. The minimum atomic E-state index is 0.613. The largest absolute Gasteiger partial charge is 0.313 e. The second-order valence-electron chi connectivity index (χ2n) is 4.21. The van der Waals surface area contributed by atoms with Crippen LogP contribution in [0.15, 0.2) is 0 Å². The van der Waals surface area contributed by atoms with Gasteiger partial charge in [0.1, 0.15) is 11.3 Å². The van der Waals surface area contributed by atoms with Crippen molar-refractivity contribution in [3.05, 3.63) is 11.5 Å².